The molecule has 25 heavy (non-hydrogen) atoms. The summed E-state index contributed by atoms with van der Waals surface area (Å²) >= 11 is 1.44. The highest BCUT2D eigenvalue weighted by Gasteiger charge is 2.22. The standard InChI is InChI=1S/C19H15FN2O2S/c1-24-12-7-8-13-11(10-12)6-9-16-17(13)21-19(25-16)22-18(23)14-4-2-3-5-15(14)20/h2-5,7-8,10H,6,9H2,1H3,(H,21,22,23). The van der Waals surface area contributed by atoms with Gasteiger partial charge in [0.05, 0.1) is 18.4 Å². The summed E-state index contributed by atoms with van der Waals surface area (Å²) in [5.74, 6) is -0.205. The number of aromatic nitrogens is 1. The molecule has 0 fully saturated rings. The first-order chi connectivity index (χ1) is 12.2. The molecule has 1 aliphatic carbocycles. The lowest BCUT2D eigenvalue weighted by atomic mass is 9.93. The van der Waals surface area contributed by atoms with Gasteiger partial charge in [0.25, 0.3) is 5.91 Å². The Labute approximate surface area is 148 Å². The molecule has 0 saturated carbocycles. The molecule has 0 unspecified atom stereocenters. The SMILES string of the molecule is COc1ccc2c(c1)CCc1sc(NC(=O)c3ccccc3F)nc1-2. The van der Waals surface area contributed by atoms with Crippen LogP contribution in [0, 0.1) is 5.82 Å². The molecule has 4 rings (SSSR count). The minimum absolute atomic E-state index is 0.0146. The van der Waals surface area contributed by atoms with Crippen LogP contribution in [0.3, 0.4) is 0 Å². The number of carbonyl (C=O) groups is 1. The van der Waals surface area contributed by atoms with Crippen molar-refractivity contribution in [3.63, 3.8) is 0 Å². The van der Waals surface area contributed by atoms with Crippen LogP contribution in [-0.4, -0.2) is 18.0 Å². The Morgan fingerprint density at radius 1 is 1.24 bits per heavy atom. The molecule has 3 aromatic rings. The number of anilines is 1. The minimum atomic E-state index is -0.543. The number of benzene rings is 2. The topological polar surface area (TPSA) is 51.2 Å². The highest BCUT2D eigenvalue weighted by atomic mass is 32.1. The number of hydrogen-bond donors (Lipinski definition) is 1. The van der Waals surface area contributed by atoms with Gasteiger partial charge in [0.1, 0.15) is 11.6 Å². The van der Waals surface area contributed by atoms with E-state index in [0.717, 1.165) is 34.7 Å². The van der Waals surface area contributed by atoms with Gasteiger partial charge in [0.2, 0.25) is 0 Å². The number of amides is 1. The Balaban J connectivity index is 1.63. The van der Waals surface area contributed by atoms with E-state index < -0.39 is 11.7 Å². The Bertz CT molecular complexity index is 968. The maximum absolute atomic E-state index is 13.7. The number of aryl methyl sites for hydroxylation is 2. The third-order valence-electron chi connectivity index (χ3n) is 4.23. The lowest BCUT2D eigenvalue weighted by molar-refractivity contribution is 0.102. The maximum atomic E-state index is 13.7. The van der Waals surface area contributed by atoms with Gasteiger partial charge < -0.3 is 4.74 Å². The van der Waals surface area contributed by atoms with Gasteiger partial charge in [-0.25, -0.2) is 9.37 Å². The second-order valence-corrected chi connectivity index (χ2v) is 6.83. The largest absolute Gasteiger partial charge is 0.497 e. The van der Waals surface area contributed by atoms with Crippen LogP contribution in [0.1, 0.15) is 20.8 Å². The molecule has 6 heteroatoms. The van der Waals surface area contributed by atoms with Crippen LogP contribution < -0.4 is 10.1 Å². The van der Waals surface area contributed by atoms with Crippen LogP contribution in [0.4, 0.5) is 9.52 Å². The molecule has 0 radical (unpaired) electrons. The normalized spacial score (nSPS) is 12.2. The molecule has 126 valence electrons. The maximum Gasteiger partial charge on any atom is 0.260 e. The van der Waals surface area contributed by atoms with Crippen LogP contribution in [0.2, 0.25) is 0 Å². The van der Waals surface area contributed by atoms with Gasteiger partial charge in [0, 0.05) is 10.4 Å². The van der Waals surface area contributed by atoms with E-state index in [9.17, 15) is 9.18 Å². The molecular weight excluding hydrogens is 339 g/mol. The lowest BCUT2D eigenvalue weighted by Gasteiger charge is -2.15. The summed E-state index contributed by atoms with van der Waals surface area (Å²) in [5, 5.41) is 3.20. The number of thiazole rings is 1. The molecule has 1 N–H and O–H groups in total. The third-order valence-corrected chi connectivity index (χ3v) is 5.26. The van der Waals surface area contributed by atoms with Crippen molar-refractivity contribution in [1.82, 2.24) is 4.98 Å². The molecule has 1 aliphatic rings. The molecule has 1 heterocycles. The molecule has 0 spiro atoms. The van der Waals surface area contributed by atoms with Crippen molar-refractivity contribution >= 4 is 22.4 Å². The summed E-state index contributed by atoms with van der Waals surface area (Å²) in [7, 11) is 1.65. The van der Waals surface area contributed by atoms with Gasteiger partial charge in [-0.15, -0.1) is 11.3 Å². The van der Waals surface area contributed by atoms with Gasteiger partial charge in [-0.05, 0) is 48.7 Å². The zero-order valence-corrected chi connectivity index (χ0v) is 14.3. The van der Waals surface area contributed by atoms with Gasteiger partial charge in [-0.3, -0.25) is 10.1 Å². The van der Waals surface area contributed by atoms with Crippen LogP contribution >= 0.6 is 11.3 Å². The fraction of sp³-hybridized carbons (Fsp3) is 0.158. The number of methoxy groups -OCH3 is 1. The van der Waals surface area contributed by atoms with E-state index in [-0.39, 0.29) is 5.56 Å². The molecule has 0 aliphatic heterocycles. The first-order valence-corrected chi connectivity index (χ1v) is 8.70. The van der Waals surface area contributed by atoms with Crippen LogP contribution in [0.25, 0.3) is 11.3 Å². The molecule has 1 aromatic heterocycles. The Morgan fingerprint density at radius 2 is 2.08 bits per heavy atom. The summed E-state index contributed by atoms with van der Waals surface area (Å²) in [4.78, 5) is 18.0. The van der Waals surface area contributed by atoms with Crippen molar-refractivity contribution in [3.05, 3.63) is 64.3 Å². The predicted octanol–water partition coefficient (Wildman–Crippen LogP) is 4.31. The summed E-state index contributed by atoms with van der Waals surface area (Å²) in [5.41, 5.74) is 3.15. The second kappa shape index (κ2) is 6.29. The first kappa shape index (κ1) is 15.8. The fourth-order valence-corrected chi connectivity index (χ4v) is 3.95. The smallest absolute Gasteiger partial charge is 0.260 e. The Kier molecular flexibility index (Phi) is 3.97. The van der Waals surface area contributed by atoms with Crippen molar-refractivity contribution in [2.24, 2.45) is 0 Å². The number of nitrogens with zero attached hydrogens (tertiary/aromatic N) is 1. The van der Waals surface area contributed by atoms with Crippen LogP contribution in [-0.2, 0) is 12.8 Å². The number of rotatable bonds is 3. The molecule has 4 nitrogen and oxygen atoms in total. The van der Waals surface area contributed by atoms with E-state index in [2.05, 4.69) is 10.3 Å². The zero-order chi connectivity index (χ0) is 17.4. The molecule has 2 aromatic carbocycles. The molecule has 0 saturated heterocycles. The van der Waals surface area contributed by atoms with Crippen LogP contribution in [0.15, 0.2) is 42.5 Å². The van der Waals surface area contributed by atoms with E-state index >= 15 is 0 Å². The average molecular weight is 354 g/mol. The van der Waals surface area contributed by atoms with Gasteiger partial charge in [-0.2, -0.15) is 0 Å². The lowest BCUT2D eigenvalue weighted by Crippen LogP contribution is -2.13. The number of fused-ring (bicyclic) bond motifs is 3. The summed E-state index contributed by atoms with van der Waals surface area (Å²) in [6, 6.07) is 11.8. The Morgan fingerprint density at radius 3 is 2.88 bits per heavy atom. The van der Waals surface area contributed by atoms with Gasteiger partial charge in [0.15, 0.2) is 5.13 Å². The average Bonchev–Trinajstić information content (AvgIpc) is 3.04. The minimum Gasteiger partial charge on any atom is -0.497 e. The van der Waals surface area contributed by atoms with Gasteiger partial charge in [-0.1, -0.05) is 12.1 Å². The van der Waals surface area contributed by atoms with E-state index in [4.69, 9.17) is 4.74 Å². The predicted molar refractivity (Wildman–Crippen MR) is 95.9 cm³/mol. The molecule has 0 atom stereocenters. The number of hydrogen-bond acceptors (Lipinski definition) is 4. The van der Waals surface area contributed by atoms with Crippen molar-refractivity contribution < 1.29 is 13.9 Å². The zero-order valence-electron chi connectivity index (χ0n) is 13.5. The highest BCUT2D eigenvalue weighted by molar-refractivity contribution is 7.16. The second-order valence-electron chi connectivity index (χ2n) is 5.75. The first-order valence-electron chi connectivity index (χ1n) is 7.88. The van der Waals surface area contributed by atoms with Crippen molar-refractivity contribution in [1.29, 1.82) is 0 Å². The van der Waals surface area contributed by atoms with E-state index in [1.165, 1.54) is 29.0 Å². The number of halogens is 1. The van der Waals surface area contributed by atoms with Crippen molar-refractivity contribution in [3.8, 4) is 17.0 Å². The van der Waals surface area contributed by atoms with E-state index in [1.54, 1.807) is 19.2 Å². The number of nitrogens with one attached hydrogen (secondary N) is 1. The van der Waals surface area contributed by atoms with Crippen molar-refractivity contribution in [2.45, 2.75) is 12.8 Å². The molecular formula is C19H15FN2O2S. The number of carbonyl (C=O) groups excluding carboxylic acids is 1. The monoisotopic (exact) mass is 354 g/mol. The summed E-state index contributed by atoms with van der Waals surface area (Å²) in [6.07, 6.45) is 1.77. The van der Waals surface area contributed by atoms with Gasteiger partial charge >= 0.3 is 0 Å². The highest BCUT2D eigenvalue weighted by Crippen LogP contribution is 2.39. The summed E-state index contributed by atoms with van der Waals surface area (Å²) < 4.78 is 19.0. The van der Waals surface area contributed by atoms with Crippen LogP contribution in [0.5, 0.6) is 5.75 Å². The summed E-state index contributed by atoms with van der Waals surface area (Å²) in [6.45, 7) is 0. The quantitative estimate of drug-likeness (QED) is 0.763. The Hall–Kier alpha value is -2.73. The van der Waals surface area contributed by atoms with E-state index in [0.29, 0.717) is 5.13 Å². The third kappa shape index (κ3) is 2.89. The number of ether oxygens (including phenoxy) is 1. The molecule has 1 amide bonds. The van der Waals surface area contributed by atoms with Crippen molar-refractivity contribution in [2.75, 3.05) is 12.4 Å². The fourth-order valence-electron chi connectivity index (χ4n) is 2.98. The molecule has 0 bridgehead atoms. The van der Waals surface area contributed by atoms with E-state index in [1.807, 2.05) is 18.2 Å².